The van der Waals surface area contributed by atoms with Gasteiger partial charge in [-0.25, -0.2) is 0 Å². The summed E-state index contributed by atoms with van der Waals surface area (Å²) in [6, 6.07) is -0.104. The van der Waals surface area contributed by atoms with Crippen molar-refractivity contribution >= 4 is 10.2 Å². The van der Waals surface area contributed by atoms with E-state index in [4.69, 9.17) is 4.74 Å². The number of hydrogen-bond acceptors (Lipinski definition) is 4. The highest BCUT2D eigenvalue weighted by Gasteiger charge is 2.17. The fourth-order valence-electron chi connectivity index (χ4n) is 1.31. The van der Waals surface area contributed by atoms with Crippen LogP contribution in [0.5, 0.6) is 0 Å². The molecule has 3 N–H and O–H groups in total. The summed E-state index contributed by atoms with van der Waals surface area (Å²) in [6.45, 7) is 5.99. The fourth-order valence-corrected chi connectivity index (χ4v) is 2.41. The molecule has 0 radical (unpaired) electrons. The van der Waals surface area contributed by atoms with Crippen molar-refractivity contribution in [3.63, 3.8) is 0 Å². The number of nitrogens with one attached hydrogen (secondary N) is 3. The van der Waals surface area contributed by atoms with Crippen LogP contribution >= 0.6 is 0 Å². The molecule has 1 unspecified atom stereocenters. The monoisotopic (exact) mass is 237 g/mol. The topological polar surface area (TPSA) is 79.5 Å². The van der Waals surface area contributed by atoms with Crippen LogP contribution in [0.2, 0.25) is 0 Å². The van der Waals surface area contributed by atoms with Crippen LogP contribution in [0.15, 0.2) is 0 Å². The van der Waals surface area contributed by atoms with E-state index in [1.165, 1.54) is 0 Å². The van der Waals surface area contributed by atoms with E-state index in [2.05, 4.69) is 14.8 Å². The molecule has 0 spiro atoms. The molecule has 6 nitrogen and oxygen atoms in total. The summed E-state index contributed by atoms with van der Waals surface area (Å²) in [7, 11) is -3.39. The maximum atomic E-state index is 11.4. The average molecular weight is 237 g/mol. The molecular formula is C8H19N3O3S. The van der Waals surface area contributed by atoms with Gasteiger partial charge in [-0.3, -0.25) is 0 Å². The predicted octanol–water partition coefficient (Wildman–Crippen LogP) is -1.19. The van der Waals surface area contributed by atoms with Gasteiger partial charge in [-0.15, -0.1) is 0 Å². The third-order valence-corrected chi connectivity index (χ3v) is 3.22. The maximum absolute atomic E-state index is 11.4. The van der Waals surface area contributed by atoms with Gasteiger partial charge >= 0.3 is 0 Å². The van der Waals surface area contributed by atoms with Gasteiger partial charge in [-0.1, -0.05) is 0 Å². The Labute approximate surface area is 90.9 Å². The standard InChI is InChI=1S/C8H19N3O3S/c1-7(2)11-15(12,13)10-6-8-5-9-3-4-14-8/h7-11H,3-6H2,1-2H3. The third kappa shape index (κ3) is 5.43. The van der Waals surface area contributed by atoms with E-state index in [1.807, 2.05) is 0 Å². The molecular weight excluding hydrogens is 218 g/mol. The highest BCUT2D eigenvalue weighted by molar-refractivity contribution is 7.87. The SMILES string of the molecule is CC(C)NS(=O)(=O)NCC1CNCCO1. The summed E-state index contributed by atoms with van der Waals surface area (Å²) in [5.41, 5.74) is 0. The summed E-state index contributed by atoms with van der Waals surface area (Å²) < 4.78 is 33.0. The van der Waals surface area contributed by atoms with Crippen LogP contribution < -0.4 is 14.8 Å². The molecule has 1 fully saturated rings. The molecule has 0 saturated carbocycles. The first-order valence-electron chi connectivity index (χ1n) is 5.09. The van der Waals surface area contributed by atoms with Gasteiger partial charge < -0.3 is 10.1 Å². The highest BCUT2D eigenvalue weighted by Crippen LogP contribution is 1.94. The van der Waals surface area contributed by atoms with Gasteiger partial charge in [-0.05, 0) is 13.8 Å². The van der Waals surface area contributed by atoms with Gasteiger partial charge in [0.15, 0.2) is 0 Å². The molecule has 0 aliphatic carbocycles. The molecule has 15 heavy (non-hydrogen) atoms. The van der Waals surface area contributed by atoms with Crippen LogP contribution in [0.4, 0.5) is 0 Å². The predicted molar refractivity (Wildman–Crippen MR) is 57.8 cm³/mol. The lowest BCUT2D eigenvalue weighted by atomic mass is 10.3. The summed E-state index contributed by atoms with van der Waals surface area (Å²) in [6.07, 6.45) is -0.0810. The second-order valence-corrected chi connectivity index (χ2v) is 5.35. The van der Waals surface area contributed by atoms with Crippen molar-refractivity contribution in [2.45, 2.75) is 26.0 Å². The molecule has 90 valence electrons. The Bertz CT molecular complexity index is 273. The van der Waals surface area contributed by atoms with Crippen LogP contribution in [0, 0.1) is 0 Å². The molecule has 1 aliphatic heterocycles. The molecule has 7 heteroatoms. The maximum Gasteiger partial charge on any atom is 0.277 e. The van der Waals surface area contributed by atoms with Gasteiger partial charge in [0.25, 0.3) is 10.2 Å². The van der Waals surface area contributed by atoms with Crippen molar-refractivity contribution in [3.05, 3.63) is 0 Å². The quantitative estimate of drug-likeness (QED) is 0.561. The minimum absolute atomic E-state index is 0.0810. The van der Waals surface area contributed by atoms with Crippen molar-refractivity contribution in [1.82, 2.24) is 14.8 Å². The molecule has 0 amide bonds. The number of ether oxygens (including phenoxy) is 1. The Balaban J connectivity index is 2.28. The first-order valence-corrected chi connectivity index (χ1v) is 6.57. The van der Waals surface area contributed by atoms with Crippen LogP contribution in [0.1, 0.15) is 13.8 Å². The van der Waals surface area contributed by atoms with Crippen LogP contribution in [0.25, 0.3) is 0 Å². The van der Waals surface area contributed by atoms with Crippen LogP contribution in [0.3, 0.4) is 0 Å². The molecule has 1 saturated heterocycles. The van der Waals surface area contributed by atoms with Crippen LogP contribution in [-0.4, -0.2) is 46.8 Å². The van der Waals surface area contributed by atoms with Gasteiger partial charge in [0.05, 0.1) is 12.7 Å². The highest BCUT2D eigenvalue weighted by atomic mass is 32.2. The Morgan fingerprint density at radius 1 is 1.53 bits per heavy atom. The van der Waals surface area contributed by atoms with Crippen molar-refractivity contribution in [1.29, 1.82) is 0 Å². The summed E-state index contributed by atoms with van der Waals surface area (Å²) in [5, 5.41) is 3.13. The van der Waals surface area contributed by atoms with E-state index in [0.29, 0.717) is 19.7 Å². The largest absolute Gasteiger partial charge is 0.374 e. The summed E-state index contributed by atoms with van der Waals surface area (Å²) in [4.78, 5) is 0. The fraction of sp³-hybridized carbons (Fsp3) is 1.00. The smallest absolute Gasteiger partial charge is 0.277 e. The van der Waals surface area contributed by atoms with Crippen molar-refractivity contribution in [2.24, 2.45) is 0 Å². The summed E-state index contributed by atoms with van der Waals surface area (Å²) >= 11 is 0. The Kier molecular flexibility index (Phi) is 4.94. The van der Waals surface area contributed by atoms with Gasteiger partial charge in [0.1, 0.15) is 0 Å². The molecule has 0 aromatic rings. The second kappa shape index (κ2) is 5.76. The third-order valence-electron chi connectivity index (χ3n) is 1.90. The van der Waals surface area contributed by atoms with E-state index in [9.17, 15) is 8.42 Å². The zero-order chi connectivity index (χ0) is 11.3. The minimum atomic E-state index is -3.39. The lowest BCUT2D eigenvalue weighted by Gasteiger charge is -2.23. The molecule has 0 aromatic heterocycles. The van der Waals surface area contributed by atoms with Crippen LogP contribution in [-0.2, 0) is 14.9 Å². The van der Waals surface area contributed by atoms with Crippen molar-refractivity contribution in [2.75, 3.05) is 26.2 Å². The second-order valence-electron chi connectivity index (χ2n) is 3.82. The zero-order valence-corrected chi connectivity index (χ0v) is 9.93. The Morgan fingerprint density at radius 2 is 2.27 bits per heavy atom. The van der Waals surface area contributed by atoms with E-state index in [-0.39, 0.29) is 12.1 Å². The van der Waals surface area contributed by atoms with Gasteiger partial charge in [0, 0.05) is 25.7 Å². The Morgan fingerprint density at radius 3 is 2.80 bits per heavy atom. The van der Waals surface area contributed by atoms with Gasteiger partial charge in [0.2, 0.25) is 0 Å². The number of rotatable bonds is 5. The summed E-state index contributed by atoms with van der Waals surface area (Å²) in [5.74, 6) is 0. The zero-order valence-electron chi connectivity index (χ0n) is 9.12. The first kappa shape index (κ1) is 12.9. The number of hydrogen-bond donors (Lipinski definition) is 3. The van der Waals surface area contributed by atoms with Crippen molar-refractivity contribution < 1.29 is 13.2 Å². The Hall–Kier alpha value is -0.210. The lowest BCUT2D eigenvalue weighted by molar-refractivity contribution is 0.0323. The molecule has 0 bridgehead atoms. The molecule has 1 rings (SSSR count). The first-order chi connectivity index (χ1) is 6.99. The van der Waals surface area contributed by atoms with E-state index in [0.717, 1.165) is 6.54 Å². The molecule has 1 aliphatic rings. The molecule has 1 heterocycles. The van der Waals surface area contributed by atoms with E-state index in [1.54, 1.807) is 13.8 Å². The van der Waals surface area contributed by atoms with Gasteiger partial charge in [-0.2, -0.15) is 17.9 Å². The minimum Gasteiger partial charge on any atom is -0.374 e. The lowest BCUT2D eigenvalue weighted by Crippen LogP contribution is -2.48. The normalized spacial score (nSPS) is 23.3. The molecule has 1 atom stereocenters. The van der Waals surface area contributed by atoms with E-state index < -0.39 is 10.2 Å². The van der Waals surface area contributed by atoms with E-state index >= 15 is 0 Å². The van der Waals surface area contributed by atoms with Crippen molar-refractivity contribution in [3.8, 4) is 0 Å². The number of morpholine rings is 1. The average Bonchev–Trinajstić information content (AvgIpc) is 2.15. The molecule has 0 aromatic carbocycles.